The van der Waals surface area contributed by atoms with Gasteiger partial charge in [-0.05, 0) is 42.7 Å². The quantitative estimate of drug-likeness (QED) is 0.872. The zero-order chi connectivity index (χ0) is 16.4. The number of rotatable bonds is 3. The van der Waals surface area contributed by atoms with Crippen molar-refractivity contribution in [3.8, 4) is 11.8 Å². The van der Waals surface area contributed by atoms with Crippen LogP contribution in [0.3, 0.4) is 0 Å². The number of aryl methyl sites for hydroxylation is 1. The molecule has 0 saturated carbocycles. The number of aromatic nitrogens is 2. The van der Waals surface area contributed by atoms with Gasteiger partial charge in [-0.2, -0.15) is 10.4 Å². The minimum Gasteiger partial charge on any atom is -0.497 e. The lowest BCUT2D eigenvalue weighted by atomic mass is 10.1. The number of hydrogen-bond acceptors (Lipinski definition) is 5. The van der Waals surface area contributed by atoms with Gasteiger partial charge in [0.25, 0.3) is 0 Å². The summed E-state index contributed by atoms with van der Waals surface area (Å²) in [5.74, 6) is 1.50. The maximum atomic E-state index is 9.46. The predicted molar refractivity (Wildman–Crippen MR) is 89.4 cm³/mol. The fraction of sp³-hybridized carbons (Fsp3) is 0.278. The standard InChI is InChI=1S/C18H18N4O/c1-12-13(2)20-21-18(17(12)10-19)22-8-7-15(11-22)14-5-4-6-16(9-14)23-3/h4-7,9H,8,11H2,1-3H3. The smallest absolute Gasteiger partial charge is 0.170 e. The Bertz CT molecular complexity index is 820. The summed E-state index contributed by atoms with van der Waals surface area (Å²) in [7, 11) is 1.66. The summed E-state index contributed by atoms with van der Waals surface area (Å²) in [6.07, 6.45) is 2.16. The number of ether oxygens (including phenoxy) is 1. The van der Waals surface area contributed by atoms with Crippen LogP contribution in [0.5, 0.6) is 5.75 Å². The lowest BCUT2D eigenvalue weighted by Gasteiger charge is -2.19. The van der Waals surface area contributed by atoms with Crippen molar-refractivity contribution in [2.75, 3.05) is 25.1 Å². The number of benzene rings is 1. The van der Waals surface area contributed by atoms with Crippen molar-refractivity contribution in [3.05, 3.63) is 52.7 Å². The molecule has 0 N–H and O–H groups in total. The molecule has 0 unspecified atom stereocenters. The van der Waals surface area contributed by atoms with Crippen molar-refractivity contribution < 1.29 is 4.74 Å². The van der Waals surface area contributed by atoms with Crippen molar-refractivity contribution in [1.82, 2.24) is 10.2 Å². The van der Waals surface area contributed by atoms with Crippen molar-refractivity contribution in [3.63, 3.8) is 0 Å². The number of nitriles is 1. The molecule has 1 aliphatic heterocycles. The topological polar surface area (TPSA) is 62.0 Å². The van der Waals surface area contributed by atoms with Gasteiger partial charge < -0.3 is 9.64 Å². The fourth-order valence-electron chi connectivity index (χ4n) is 2.70. The van der Waals surface area contributed by atoms with Crippen LogP contribution in [0, 0.1) is 25.2 Å². The Morgan fingerprint density at radius 2 is 2.09 bits per heavy atom. The maximum Gasteiger partial charge on any atom is 0.170 e. The minimum absolute atomic E-state index is 0.609. The number of nitrogens with zero attached hydrogens (tertiary/aromatic N) is 4. The molecule has 1 aromatic carbocycles. The van der Waals surface area contributed by atoms with Gasteiger partial charge in [-0.25, -0.2) is 0 Å². The predicted octanol–water partition coefficient (Wildman–Crippen LogP) is 2.88. The summed E-state index contributed by atoms with van der Waals surface area (Å²) in [5.41, 5.74) is 4.63. The second kappa shape index (κ2) is 6.09. The Labute approximate surface area is 135 Å². The molecule has 5 nitrogen and oxygen atoms in total. The molecule has 0 saturated heterocycles. The van der Waals surface area contributed by atoms with Crippen LogP contribution in [0.15, 0.2) is 30.3 Å². The van der Waals surface area contributed by atoms with E-state index in [0.29, 0.717) is 17.9 Å². The average molecular weight is 306 g/mol. The molecule has 2 heterocycles. The highest BCUT2D eigenvalue weighted by Gasteiger charge is 2.22. The molecule has 0 atom stereocenters. The molecular formula is C18H18N4O. The van der Waals surface area contributed by atoms with Crippen LogP contribution in [-0.2, 0) is 0 Å². The highest BCUT2D eigenvalue weighted by molar-refractivity contribution is 5.75. The van der Waals surface area contributed by atoms with Gasteiger partial charge >= 0.3 is 0 Å². The first-order valence-electron chi connectivity index (χ1n) is 7.46. The van der Waals surface area contributed by atoms with Crippen molar-refractivity contribution in [2.45, 2.75) is 13.8 Å². The first-order valence-corrected chi connectivity index (χ1v) is 7.46. The Morgan fingerprint density at radius 3 is 2.83 bits per heavy atom. The van der Waals surface area contributed by atoms with Crippen LogP contribution in [-0.4, -0.2) is 30.4 Å². The van der Waals surface area contributed by atoms with Gasteiger partial charge in [0.15, 0.2) is 5.82 Å². The molecule has 0 spiro atoms. The summed E-state index contributed by atoms with van der Waals surface area (Å²) in [6, 6.07) is 10.3. The summed E-state index contributed by atoms with van der Waals surface area (Å²) in [4.78, 5) is 2.08. The molecule has 0 bridgehead atoms. The van der Waals surface area contributed by atoms with Crippen LogP contribution < -0.4 is 9.64 Å². The Kier molecular flexibility index (Phi) is 3.98. The molecule has 5 heteroatoms. The van der Waals surface area contributed by atoms with Crippen LogP contribution in [0.25, 0.3) is 5.57 Å². The van der Waals surface area contributed by atoms with Crippen molar-refractivity contribution in [1.29, 1.82) is 5.26 Å². The number of hydrogen-bond donors (Lipinski definition) is 0. The molecule has 23 heavy (non-hydrogen) atoms. The normalized spacial score (nSPS) is 13.7. The minimum atomic E-state index is 0.609. The Balaban J connectivity index is 1.88. The highest BCUT2D eigenvalue weighted by Crippen LogP contribution is 2.29. The van der Waals surface area contributed by atoms with Gasteiger partial charge in [-0.15, -0.1) is 5.10 Å². The van der Waals surface area contributed by atoms with Crippen molar-refractivity contribution >= 4 is 11.4 Å². The molecule has 1 aliphatic rings. The third-order valence-electron chi connectivity index (χ3n) is 4.21. The zero-order valence-electron chi connectivity index (χ0n) is 13.5. The van der Waals surface area contributed by atoms with E-state index < -0.39 is 0 Å². The second-order valence-electron chi connectivity index (χ2n) is 5.56. The average Bonchev–Trinajstić information content (AvgIpc) is 3.07. The molecule has 0 radical (unpaired) electrons. The van der Waals surface area contributed by atoms with E-state index in [1.54, 1.807) is 7.11 Å². The highest BCUT2D eigenvalue weighted by atomic mass is 16.5. The molecule has 0 amide bonds. The van der Waals surface area contributed by atoms with E-state index in [1.807, 2.05) is 32.0 Å². The van der Waals surface area contributed by atoms with E-state index >= 15 is 0 Å². The molecule has 3 rings (SSSR count). The SMILES string of the molecule is COc1cccc(C2=CCN(c3nnc(C)c(C)c3C#N)C2)c1. The Morgan fingerprint density at radius 1 is 1.26 bits per heavy atom. The van der Waals surface area contributed by atoms with Crippen LogP contribution >= 0.6 is 0 Å². The van der Waals surface area contributed by atoms with Gasteiger partial charge in [-0.3, -0.25) is 0 Å². The van der Waals surface area contributed by atoms with Gasteiger partial charge in [0, 0.05) is 13.1 Å². The lowest BCUT2D eigenvalue weighted by molar-refractivity contribution is 0.414. The van der Waals surface area contributed by atoms with E-state index in [4.69, 9.17) is 4.74 Å². The molecule has 116 valence electrons. The summed E-state index contributed by atoms with van der Waals surface area (Å²) >= 11 is 0. The van der Waals surface area contributed by atoms with Gasteiger partial charge in [-0.1, -0.05) is 18.2 Å². The first kappa shape index (κ1) is 15.0. The molecule has 1 aromatic heterocycles. The maximum absolute atomic E-state index is 9.46. The van der Waals surface area contributed by atoms with Crippen LogP contribution in [0.4, 0.5) is 5.82 Å². The summed E-state index contributed by atoms with van der Waals surface area (Å²) < 4.78 is 5.29. The van der Waals surface area contributed by atoms with E-state index in [1.165, 1.54) is 5.57 Å². The van der Waals surface area contributed by atoms with Gasteiger partial charge in [0.1, 0.15) is 17.4 Å². The van der Waals surface area contributed by atoms with E-state index in [2.05, 4.69) is 33.3 Å². The molecule has 0 aliphatic carbocycles. The summed E-state index contributed by atoms with van der Waals surface area (Å²) in [6.45, 7) is 5.22. The largest absolute Gasteiger partial charge is 0.497 e. The van der Waals surface area contributed by atoms with E-state index in [-0.39, 0.29) is 0 Å². The Hall–Kier alpha value is -2.87. The first-order chi connectivity index (χ1) is 11.1. The third kappa shape index (κ3) is 2.76. The summed E-state index contributed by atoms with van der Waals surface area (Å²) in [5, 5.41) is 17.9. The second-order valence-corrected chi connectivity index (χ2v) is 5.56. The monoisotopic (exact) mass is 306 g/mol. The zero-order valence-corrected chi connectivity index (χ0v) is 13.5. The van der Waals surface area contributed by atoms with E-state index in [0.717, 1.165) is 29.1 Å². The van der Waals surface area contributed by atoms with Crippen LogP contribution in [0.1, 0.15) is 22.4 Å². The van der Waals surface area contributed by atoms with Gasteiger partial charge in [0.2, 0.25) is 0 Å². The molecule has 0 fully saturated rings. The number of anilines is 1. The lowest BCUT2D eigenvalue weighted by Crippen LogP contribution is -2.23. The fourth-order valence-corrected chi connectivity index (χ4v) is 2.70. The molecule has 2 aromatic rings. The van der Waals surface area contributed by atoms with Crippen molar-refractivity contribution in [2.24, 2.45) is 0 Å². The van der Waals surface area contributed by atoms with Gasteiger partial charge in [0.05, 0.1) is 12.8 Å². The van der Waals surface area contributed by atoms with E-state index in [9.17, 15) is 5.26 Å². The number of methoxy groups -OCH3 is 1. The molecular weight excluding hydrogens is 288 g/mol. The van der Waals surface area contributed by atoms with Crippen LogP contribution in [0.2, 0.25) is 0 Å². The third-order valence-corrected chi connectivity index (χ3v) is 4.21.